The molecule has 0 aliphatic carbocycles. The summed E-state index contributed by atoms with van der Waals surface area (Å²) >= 11 is 0. The number of para-hydroxylation sites is 2. The highest BCUT2D eigenvalue weighted by Crippen LogP contribution is 2.28. The van der Waals surface area contributed by atoms with Crippen molar-refractivity contribution < 1.29 is 34.7 Å². The van der Waals surface area contributed by atoms with Gasteiger partial charge in [0.2, 0.25) is 0 Å². The molecule has 174 valence electrons. The predicted octanol–water partition coefficient (Wildman–Crippen LogP) is 2.12. The first kappa shape index (κ1) is 23.2. The maximum atomic E-state index is 11.6. The molecule has 4 N–H and O–H groups in total. The number of ether oxygens (including phenoxy) is 2. The third kappa shape index (κ3) is 4.59. The van der Waals surface area contributed by atoms with Crippen molar-refractivity contribution >= 4 is 34.1 Å². The van der Waals surface area contributed by atoms with Gasteiger partial charge in [0.1, 0.15) is 23.8 Å². The van der Waals surface area contributed by atoms with E-state index in [9.17, 15) is 25.2 Å². The highest BCUT2D eigenvalue weighted by molar-refractivity contribution is 6.03. The lowest BCUT2D eigenvalue weighted by Crippen LogP contribution is -2.58. The van der Waals surface area contributed by atoms with Crippen molar-refractivity contribution in [2.75, 3.05) is 0 Å². The van der Waals surface area contributed by atoms with Gasteiger partial charge in [0.05, 0.1) is 33.8 Å². The van der Waals surface area contributed by atoms with E-state index in [1.807, 2.05) is 12.1 Å². The van der Waals surface area contributed by atoms with E-state index in [0.29, 0.717) is 27.6 Å². The van der Waals surface area contributed by atoms with Crippen molar-refractivity contribution in [1.82, 2.24) is 9.97 Å². The Bertz CT molecular complexity index is 1230. The number of fused-ring (bicyclic) bond motifs is 2. The minimum Gasteiger partial charge on any atom is -0.478 e. The van der Waals surface area contributed by atoms with Gasteiger partial charge in [0, 0.05) is 5.56 Å². The lowest BCUT2D eigenvalue weighted by atomic mass is 9.99. The lowest BCUT2D eigenvalue weighted by molar-refractivity contribution is -0.310. The second-order valence-corrected chi connectivity index (χ2v) is 8.65. The number of aliphatic hydroxyl groups excluding tert-OH is 3. The van der Waals surface area contributed by atoms with Gasteiger partial charge in [0.25, 0.3) is 0 Å². The van der Waals surface area contributed by atoms with Crippen molar-refractivity contribution in [1.29, 1.82) is 0 Å². The Kier molecular flexibility index (Phi) is 6.17. The molecule has 0 bridgehead atoms. The molecule has 1 saturated heterocycles. The van der Waals surface area contributed by atoms with Crippen molar-refractivity contribution in [2.45, 2.75) is 57.1 Å². The number of rotatable bonds is 5. The van der Waals surface area contributed by atoms with Crippen LogP contribution in [0.15, 0.2) is 42.5 Å². The van der Waals surface area contributed by atoms with Crippen LogP contribution < -0.4 is 0 Å². The Hall–Kier alpha value is -2.95. The number of carboxylic acid groups (broad SMARTS) is 1. The fraction of sp³-hybridized carbons (Fsp3) is 0.375. The third-order valence-corrected chi connectivity index (χ3v) is 5.65. The summed E-state index contributed by atoms with van der Waals surface area (Å²) in [6, 6.07) is 10.3. The van der Waals surface area contributed by atoms with Crippen LogP contribution >= 0.6 is 0 Å². The van der Waals surface area contributed by atoms with Crippen LogP contribution in [0.4, 0.5) is 0 Å². The number of aliphatic hydroxyl groups is 3. The molecule has 2 heterocycles. The topological polar surface area (TPSA) is 142 Å². The molecule has 3 aromatic rings. The first-order chi connectivity index (χ1) is 15.6. The summed E-state index contributed by atoms with van der Waals surface area (Å²) in [4.78, 5) is 20.8. The summed E-state index contributed by atoms with van der Waals surface area (Å²) in [5, 5.41) is 39.6. The van der Waals surface area contributed by atoms with Gasteiger partial charge in [-0.15, -0.1) is 0 Å². The van der Waals surface area contributed by atoms with Gasteiger partial charge in [-0.1, -0.05) is 30.4 Å². The van der Waals surface area contributed by atoms with Crippen molar-refractivity contribution in [2.24, 2.45) is 0 Å². The number of carbonyl (C=O) groups is 1. The van der Waals surface area contributed by atoms with E-state index in [0.717, 1.165) is 0 Å². The molecule has 1 aliphatic heterocycles. The highest BCUT2D eigenvalue weighted by Gasteiger charge is 2.44. The quantitative estimate of drug-likeness (QED) is 0.426. The molecule has 9 nitrogen and oxygen atoms in total. The number of aromatic nitrogens is 2. The van der Waals surface area contributed by atoms with E-state index in [4.69, 9.17) is 9.47 Å². The number of hydrogen-bond acceptors (Lipinski definition) is 8. The summed E-state index contributed by atoms with van der Waals surface area (Å²) in [5.41, 5.74) is 1.79. The third-order valence-electron chi connectivity index (χ3n) is 5.65. The number of benzene rings is 2. The van der Waals surface area contributed by atoms with Crippen LogP contribution in [0.5, 0.6) is 0 Å². The second kappa shape index (κ2) is 8.77. The average Bonchev–Trinajstić information content (AvgIpc) is 2.77. The fourth-order valence-electron chi connectivity index (χ4n) is 3.79. The Labute approximate surface area is 189 Å². The normalized spacial score (nSPS) is 26.3. The van der Waals surface area contributed by atoms with Gasteiger partial charge < -0.3 is 29.9 Å². The minimum absolute atomic E-state index is 0.0719. The SMILES string of the molecule is C[C@@H]1O[C@H](OC(C)(C)C=Cc2cccc3nc4cccc(C(=O)O)c4nc23)[C@H](O)[C@H](O)[C@H]1O. The Morgan fingerprint density at radius 3 is 2.36 bits per heavy atom. The van der Waals surface area contributed by atoms with Gasteiger partial charge in [-0.05, 0) is 39.0 Å². The molecule has 1 fully saturated rings. The van der Waals surface area contributed by atoms with Crippen LogP contribution in [-0.4, -0.2) is 72.7 Å². The summed E-state index contributed by atoms with van der Waals surface area (Å²) in [7, 11) is 0. The van der Waals surface area contributed by atoms with Crippen LogP contribution in [0.3, 0.4) is 0 Å². The average molecular weight is 454 g/mol. The Morgan fingerprint density at radius 1 is 1.00 bits per heavy atom. The van der Waals surface area contributed by atoms with Crippen LogP contribution in [0, 0.1) is 0 Å². The van der Waals surface area contributed by atoms with Crippen LogP contribution in [0.2, 0.25) is 0 Å². The summed E-state index contributed by atoms with van der Waals surface area (Å²) in [6.45, 7) is 5.11. The monoisotopic (exact) mass is 454 g/mol. The molecule has 0 radical (unpaired) electrons. The molecule has 0 spiro atoms. The van der Waals surface area contributed by atoms with Gasteiger partial charge in [-0.2, -0.15) is 0 Å². The van der Waals surface area contributed by atoms with Crippen molar-refractivity contribution in [3.8, 4) is 0 Å². The molecule has 2 aromatic carbocycles. The van der Waals surface area contributed by atoms with Crippen LogP contribution in [-0.2, 0) is 9.47 Å². The van der Waals surface area contributed by atoms with Gasteiger partial charge in [-0.3, -0.25) is 0 Å². The highest BCUT2D eigenvalue weighted by atomic mass is 16.7. The number of nitrogens with zero attached hydrogens (tertiary/aromatic N) is 2. The maximum Gasteiger partial charge on any atom is 0.337 e. The largest absolute Gasteiger partial charge is 0.478 e. The van der Waals surface area contributed by atoms with Gasteiger partial charge in [0.15, 0.2) is 6.29 Å². The van der Waals surface area contributed by atoms with Crippen LogP contribution in [0.1, 0.15) is 36.7 Å². The zero-order valence-electron chi connectivity index (χ0n) is 18.4. The zero-order chi connectivity index (χ0) is 23.9. The van der Waals surface area contributed by atoms with E-state index in [1.165, 1.54) is 6.07 Å². The van der Waals surface area contributed by atoms with E-state index < -0.39 is 42.3 Å². The molecule has 33 heavy (non-hydrogen) atoms. The lowest BCUT2D eigenvalue weighted by Gasteiger charge is -2.41. The van der Waals surface area contributed by atoms with E-state index in [1.54, 1.807) is 51.1 Å². The zero-order valence-corrected chi connectivity index (χ0v) is 18.4. The molecule has 0 saturated carbocycles. The standard InChI is InChI=1S/C24H26N2O7/c1-12-19(27)20(28)21(29)23(32-12)33-24(2,3)11-10-13-6-4-8-15-17(13)26-18-14(22(30)31)7-5-9-16(18)25-15/h4-12,19-21,23,27-29H,1-3H3,(H,30,31)/t12-,19-,20+,21+,23+/m0/s1. The smallest absolute Gasteiger partial charge is 0.337 e. The molecule has 4 rings (SSSR count). The number of aromatic carboxylic acids is 1. The first-order valence-electron chi connectivity index (χ1n) is 10.6. The molecule has 0 amide bonds. The molecule has 9 heteroatoms. The summed E-state index contributed by atoms with van der Waals surface area (Å²) in [5.74, 6) is -1.08. The Balaban J connectivity index is 1.65. The molecular formula is C24H26N2O7. The molecule has 5 atom stereocenters. The van der Waals surface area contributed by atoms with Gasteiger partial charge >= 0.3 is 5.97 Å². The van der Waals surface area contributed by atoms with E-state index >= 15 is 0 Å². The molecule has 1 aromatic heterocycles. The number of hydrogen-bond donors (Lipinski definition) is 4. The first-order valence-corrected chi connectivity index (χ1v) is 10.6. The second-order valence-electron chi connectivity index (χ2n) is 8.65. The van der Waals surface area contributed by atoms with E-state index in [-0.39, 0.29) is 5.56 Å². The van der Waals surface area contributed by atoms with Gasteiger partial charge in [-0.25, -0.2) is 14.8 Å². The maximum absolute atomic E-state index is 11.6. The van der Waals surface area contributed by atoms with Crippen molar-refractivity contribution in [3.05, 3.63) is 53.6 Å². The molecule has 1 aliphatic rings. The minimum atomic E-state index is -1.41. The van der Waals surface area contributed by atoms with E-state index in [2.05, 4.69) is 9.97 Å². The number of carboxylic acids is 1. The summed E-state index contributed by atoms with van der Waals surface area (Å²) < 4.78 is 11.4. The van der Waals surface area contributed by atoms with Crippen LogP contribution in [0.25, 0.3) is 28.1 Å². The Morgan fingerprint density at radius 2 is 1.67 bits per heavy atom. The summed E-state index contributed by atoms with van der Waals surface area (Å²) in [6.07, 6.45) is -2.33. The molecular weight excluding hydrogens is 428 g/mol. The molecule has 0 unspecified atom stereocenters. The fourth-order valence-corrected chi connectivity index (χ4v) is 3.79. The predicted molar refractivity (Wildman–Crippen MR) is 121 cm³/mol. The van der Waals surface area contributed by atoms with Crippen molar-refractivity contribution in [3.63, 3.8) is 0 Å².